The van der Waals surface area contributed by atoms with Gasteiger partial charge in [0.25, 0.3) is 15.9 Å². The third-order valence-corrected chi connectivity index (χ3v) is 4.81. The summed E-state index contributed by atoms with van der Waals surface area (Å²) in [6.07, 6.45) is 0. The lowest BCUT2D eigenvalue weighted by atomic mass is 10.2. The van der Waals surface area contributed by atoms with Gasteiger partial charge in [-0.3, -0.25) is 14.3 Å². The molecule has 0 saturated carbocycles. The van der Waals surface area contributed by atoms with Gasteiger partial charge in [0.05, 0.1) is 4.90 Å². The first-order valence-electron chi connectivity index (χ1n) is 7.55. The van der Waals surface area contributed by atoms with Crippen LogP contribution in [0.15, 0.2) is 53.4 Å². The van der Waals surface area contributed by atoms with E-state index in [2.05, 4.69) is 4.72 Å². The third-order valence-electron chi connectivity index (χ3n) is 3.42. The molecule has 2 aromatic carbocycles. The summed E-state index contributed by atoms with van der Waals surface area (Å²) in [5, 5.41) is 0. The number of amides is 2. The van der Waals surface area contributed by atoms with E-state index in [4.69, 9.17) is 10.5 Å². The Kier molecular flexibility index (Phi) is 5.83. The fraction of sp³-hybridized carbons (Fsp3) is 0.176. The molecule has 0 atom stereocenters. The van der Waals surface area contributed by atoms with Gasteiger partial charge in [-0.2, -0.15) is 0 Å². The molecular formula is C17H19N3O5S. The average Bonchev–Trinajstić information content (AvgIpc) is 2.60. The minimum absolute atomic E-state index is 0.0303. The van der Waals surface area contributed by atoms with Crippen LogP contribution in [0.1, 0.15) is 10.4 Å². The molecule has 0 unspecified atom stereocenters. The standard InChI is InChI=1S/C17H19N3O5S/c1-20(2)16(21)11-25-14-7-9-15(10-8-14)26(23,24)19-13-5-3-12(4-6-13)17(18)22/h3-10,19H,11H2,1-2H3,(H2,18,22). The van der Waals surface area contributed by atoms with Crippen molar-refractivity contribution in [3.05, 3.63) is 54.1 Å². The van der Waals surface area contributed by atoms with Crippen molar-refractivity contribution in [2.45, 2.75) is 4.90 Å². The highest BCUT2D eigenvalue weighted by molar-refractivity contribution is 7.92. The number of nitrogens with two attached hydrogens (primary N) is 1. The second-order valence-corrected chi connectivity index (χ2v) is 7.28. The second-order valence-electron chi connectivity index (χ2n) is 5.60. The molecule has 0 aromatic heterocycles. The number of hydrogen-bond donors (Lipinski definition) is 2. The van der Waals surface area contributed by atoms with E-state index < -0.39 is 15.9 Å². The molecule has 2 aromatic rings. The predicted octanol–water partition coefficient (Wildman–Crippen LogP) is 1.05. The predicted molar refractivity (Wildman–Crippen MR) is 96.4 cm³/mol. The summed E-state index contributed by atoms with van der Waals surface area (Å²) in [6.45, 7) is -0.135. The Balaban J connectivity index is 2.06. The van der Waals surface area contributed by atoms with E-state index in [9.17, 15) is 18.0 Å². The smallest absolute Gasteiger partial charge is 0.261 e. The van der Waals surface area contributed by atoms with Crippen LogP contribution in [-0.2, 0) is 14.8 Å². The fourth-order valence-electron chi connectivity index (χ4n) is 1.91. The van der Waals surface area contributed by atoms with Gasteiger partial charge < -0.3 is 15.4 Å². The molecule has 0 aliphatic carbocycles. The molecule has 0 fully saturated rings. The largest absolute Gasteiger partial charge is 0.484 e. The van der Waals surface area contributed by atoms with Crippen LogP contribution in [0.5, 0.6) is 5.75 Å². The lowest BCUT2D eigenvalue weighted by molar-refractivity contribution is -0.130. The van der Waals surface area contributed by atoms with Crippen LogP contribution in [0.3, 0.4) is 0 Å². The second kappa shape index (κ2) is 7.87. The normalized spacial score (nSPS) is 10.8. The lowest BCUT2D eigenvalue weighted by Gasteiger charge is -2.12. The Morgan fingerprint density at radius 3 is 2.12 bits per heavy atom. The van der Waals surface area contributed by atoms with Crippen LogP contribution in [0.2, 0.25) is 0 Å². The highest BCUT2D eigenvalue weighted by Crippen LogP contribution is 2.19. The molecule has 26 heavy (non-hydrogen) atoms. The number of rotatable bonds is 7. The Hall–Kier alpha value is -3.07. The van der Waals surface area contributed by atoms with E-state index in [1.807, 2.05) is 0 Å². The number of likely N-dealkylation sites (N-methyl/N-ethyl adjacent to an activating group) is 1. The maximum absolute atomic E-state index is 12.4. The number of nitrogens with zero attached hydrogens (tertiary/aromatic N) is 1. The maximum atomic E-state index is 12.4. The molecule has 0 bridgehead atoms. The number of anilines is 1. The van der Waals surface area contributed by atoms with Crippen molar-refractivity contribution < 1.29 is 22.7 Å². The summed E-state index contributed by atoms with van der Waals surface area (Å²) < 4.78 is 32.5. The summed E-state index contributed by atoms with van der Waals surface area (Å²) in [5.74, 6) is -0.421. The number of benzene rings is 2. The third kappa shape index (κ3) is 4.96. The van der Waals surface area contributed by atoms with Crippen molar-refractivity contribution >= 4 is 27.5 Å². The highest BCUT2D eigenvalue weighted by atomic mass is 32.2. The van der Waals surface area contributed by atoms with Crippen molar-refractivity contribution in [2.75, 3.05) is 25.4 Å². The number of carbonyl (C=O) groups excluding carboxylic acids is 2. The quantitative estimate of drug-likeness (QED) is 0.748. The monoisotopic (exact) mass is 377 g/mol. The van der Waals surface area contributed by atoms with Gasteiger partial charge in [-0.15, -0.1) is 0 Å². The summed E-state index contributed by atoms with van der Waals surface area (Å²) in [6, 6.07) is 11.4. The van der Waals surface area contributed by atoms with Crippen LogP contribution in [0.4, 0.5) is 5.69 Å². The van der Waals surface area contributed by atoms with Gasteiger partial charge in [-0.1, -0.05) is 0 Å². The van der Waals surface area contributed by atoms with Crippen LogP contribution in [0, 0.1) is 0 Å². The summed E-state index contributed by atoms with van der Waals surface area (Å²) in [7, 11) is -0.577. The van der Waals surface area contributed by atoms with Crippen LogP contribution in [0.25, 0.3) is 0 Å². The fourth-order valence-corrected chi connectivity index (χ4v) is 2.96. The molecule has 3 N–H and O–H groups in total. The Morgan fingerprint density at radius 2 is 1.62 bits per heavy atom. The first kappa shape index (κ1) is 19.3. The van der Waals surface area contributed by atoms with Gasteiger partial charge in [0.15, 0.2) is 6.61 Å². The minimum atomic E-state index is -3.80. The molecule has 0 heterocycles. The van der Waals surface area contributed by atoms with E-state index in [1.54, 1.807) is 14.1 Å². The van der Waals surface area contributed by atoms with Gasteiger partial charge in [-0.05, 0) is 48.5 Å². The van der Waals surface area contributed by atoms with Gasteiger partial charge in [0.1, 0.15) is 5.75 Å². The molecule has 0 saturated heterocycles. The zero-order valence-corrected chi connectivity index (χ0v) is 15.1. The number of primary amides is 1. The molecular weight excluding hydrogens is 358 g/mol. The Labute approximate surface area is 151 Å². The van der Waals surface area contributed by atoms with Gasteiger partial charge >= 0.3 is 0 Å². The van der Waals surface area contributed by atoms with E-state index in [-0.39, 0.29) is 23.0 Å². The van der Waals surface area contributed by atoms with Crippen molar-refractivity contribution in [2.24, 2.45) is 5.73 Å². The van der Waals surface area contributed by atoms with Gasteiger partial charge in [-0.25, -0.2) is 8.42 Å². The molecule has 2 amide bonds. The number of ether oxygens (including phenoxy) is 1. The summed E-state index contributed by atoms with van der Waals surface area (Å²) in [5.41, 5.74) is 5.72. The van der Waals surface area contributed by atoms with Gasteiger partial charge in [0, 0.05) is 25.3 Å². The molecule has 0 spiro atoms. The molecule has 8 nitrogen and oxygen atoms in total. The number of sulfonamides is 1. The molecule has 0 aliphatic heterocycles. The Morgan fingerprint density at radius 1 is 1.04 bits per heavy atom. The molecule has 0 radical (unpaired) electrons. The molecule has 9 heteroatoms. The van der Waals surface area contributed by atoms with Crippen LogP contribution < -0.4 is 15.2 Å². The molecule has 0 aliphatic rings. The average molecular weight is 377 g/mol. The number of nitrogens with one attached hydrogen (secondary N) is 1. The van der Waals surface area contributed by atoms with Crippen molar-refractivity contribution in [1.29, 1.82) is 0 Å². The van der Waals surface area contributed by atoms with E-state index in [0.29, 0.717) is 11.4 Å². The SMILES string of the molecule is CN(C)C(=O)COc1ccc(S(=O)(=O)Nc2ccc(C(N)=O)cc2)cc1. The first-order chi connectivity index (χ1) is 12.2. The van der Waals surface area contributed by atoms with Crippen molar-refractivity contribution in [3.8, 4) is 5.75 Å². The van der Waals surface area contributed by atoms with Crippen molar-refractivity contribution in [1.82, 2.24) is 4.90 Å². The number of carbonyl (C=O) groups is 2. The van der Waals surface area contributed by atoms with E-state index in [1.165, 1.54) is 53.4 Å². The van der Waals surface area contributed by atoms with Crippen LogP contribution >= 0.6 is 0 Å². The zero-order chi connectivity index (χ0) is 19.3. The van der Waals surface area contributed by atoms with Crippen LogP contribution in [-0.4, -0.2) is 45.8 Å². The van der Waals surface area contributed by atoms with E-state index >= 15 is 0 Å². The number of hydrogen-bond acceptors (Lipinski definition) is 5. The molecule has 138 valence electrons. The summed E-state index contributed by atoms with van der Waals surface area (Å²) >= 11 is 0. The topological polar surface area (TPSA) is 119 Å². The summed E-state index contributed by atoms with van der Waals surface area (Å²) in [4.78, 5) is 23.9. The maximum Gasteiger partial charge on any atom is 0.261 e. The van der Waals surface area contributed by atoms with Crippen molar-refractivity contribution in [3.63, 3.8) is 0 Å². The highest BCUT2D eigenvalue weighted by Gasteiger charge is 2.15. The van der Waals surface area contributed by atoms with E-state index in [0.717, 1.165) is 0 Å². The zero-order valence-electron chi connectivity index (χ0n) is 14.3. The Bertz CT molecular complexity index is 891. The van der Waals surface area contributed by atoms with Gasteiger partial charge in [0.2, 0.25) is 5.91 Å². The molecule has 2 rings (SSSR count). The first-order valence-corrected chi connectivity index (χ1v) is 9.03. The minimum Gasteiger partial charge on any atom is -0.484 e. The lowest BCUT2D eigenvalue weighted by Crippen LogP contribution is -2.27.